The zero-order valence-electron chi connectivity index (χ0n) is 21.7. The minimum atomic E-state index is 0.193. The molecule has 192 valence electrons. The first kappa shape index (κ1) is 24.6. The van der Waals surface area contributed by atoms with E-state index in [2.05, 4.69) is 61.6 Å². The van der Waals surface area contributed by atoms with E-state index in [0.29, 0.717) is 17.5 Å². The summed E-state index contributed by atoms with van der Waals surface area (Å²) in [5.74, 6) is 0.909. The molecule has 0 bridgehead atoms. The number of fused-ring (bicyclic) bond motifs is 1. The summed E-state index contributed by atoms with van der Waals surface area (Å²) in [6.07, 6.45) is 5.49. The Morgan fingerprint density at radius 1 is 0.897 bits per heavy atom. The third kappa shape index (κ3) is 5.59. The molecule has 3 aromatic heterocycles. The standard InChI is InChI=1S/C31H28N8/c1-21-17-26-31(34-19-21)38-30(23-5-3-2-4-6-23)29(36-26)24-9-7-22(8-10-24)20-39-15-12-25(13-16-39)35-27-11-14-33-28(18-32)37-27/h2-11,14,17,19,25H,12-13,15-16,20H2,1H3,(H,33,35,37). The smallest absolute Gasteiger partial charge is 0.234 e. The molecule has 2 aromatic carbocycles. The van der Waals surface area contributed by atoms with Crippen LogP contribution in [-0.2, 0) is 6.54 Å². The van der Waals surface area contributed by atoms with Gasteiger partial charge in [0.1, 0.15) is 17.4 Å². The van der Waals surface area contributed by atoms with Crippen molar-refractivity contribution in [3.8, 4) is 28.6 Å². The van der Waals surface area contributed by atoms with Crippen LogP contribution in [0.25, 0.3) is 33.7 Å². The van der Waals surface area contributed by atoms with Gasteiger partial charge in [0.25, 0.3) is 0 Å². The van der Waals surface area contributed by atoms with Crippen LogP contribution in [0.5, 0.6) is 0 Å². The lowest BCUT2D eigenvalue weighted by Crippen LogP contribution is -2.38. The maximum atomic E-state index is 9.02. The summed E-state index contributed by atoms with van der Waals surface area (Å²) in [6, 6.07) is 25.0. The van der Waals surface area contributed by atoms with Crippen LogP contribution in [0, 0.1) is 18.3 Å². The van der Waals surface area contributed by atoms with Crippen molar-refractivity contribution in [1.82, 2.24) is 29.8 Å². The molecule has 0 unspecified atom stereocenters. The van der Waals surface area contributed by atoms with Crippen molar-refractivity contribution >= 4 is 17.0 Å². The fraction of sp³-hybridized carbons (Fsp3) is 0.226. The second kappa shape index (κ2) is 10.9. The van der Waals surface area contributed by atoms with Crippen molar-refractivity contribution in [2.75, 3.05) is 18.4 Å². The number of nitrogens with zero attached hydrogens (tertiary/aromatic N) is 7. The molecule has 0 atom stereocenters. The highest BCUT2D eigenvalue weighted by atomic mass is 15.1. The van der Waals surface area contributed by atoms with Gasteiger partial charge in [-0.05, 0) is 43.0 Å². The summed E-state index contributed by atoms with van der Waals surface area (Å²) in [5.41, 5.74) is 7.56. The fourth-order valence-corrected chi connectivity index (χ4v) is 5.01. The molecule has 1 fully saturated rings. The summed E-state index contributed by atoms with van der Waals surface area (Å²) in [4.78, 5) is 25.1. The lowest BCUT2D eigenvalue weighted by molar-refractivity contribution is 0.211. The number of rotatable bonds is 6. The van der Waals surface area contributed by atoms with Gasteiger partial charge in [-0.15, -0.1) is 0 Å². The zero-order chi connectivity index (χ0) is 26.6. The number of nitriles is 1. The molecule has 8 heteroatoms. The Bertz CT molecular complexity index is 1640. The molecule has 0 aliphatic carbocycles. The first-order valence-corrected chi connectivity index (χ1v) is 13.2. The van der Waals surface area contributed by atoms with Crippen LogP contribution in [0.15, 0.2) is 79.1 Å². The summed E-state index contributed by atoms with van der Waals surface area (Å²) < 4.78 is 0. The summed E-state index contributed by atoms with van der Waals surface area (Å²) in [6.45, 7) is 4.91. The van der Waals surface area contributed by atoms with E-state index in [4.69, 9.17) is 15.2 Å². The molecule has 39 heavy (non-hydrogen) atoms. The second-order valence-electron chi connectivity index (χ2n) is 9.91. The van der Waals surface area contributed by atoms with Gasteiger partial charge in [0.2, 0.25) is 5.82 Å². The number of hydrogen-bond donors (Lipinski definition) is 1. The van der Waals surface area contributed by atoms with Gasteiger partial charge in [0.05, 0.1) is 11.4 Å². The number of likely N-dealkylation sites (tertiary alicyclic amines) is 1. The van der Waals surface area contributed by atoms with Crippen molar-refractivity contribution in [3.63, 3.8) is 0 Å². The third-order valence-corrected chi connectivity index (χ3v) is 7.03. The van der Waals surface area contributed by atoms with Gasteiger partial charge in [0.15, 0.2) is 5.65 Å². The minimum Gasteiger partial charge on any atom is -0.367 e. The largest absolute Gasteiger partial charge is 0.367 e. The Morgan fingerprint density at radius 3 is 2.41 bits per heavy atom. The molecule has 0 saturated carbocycles. The molecule has 8 nitrogen and oxygen atoms in total. The Balaban J connectivity index is 1.16. The quantitative estimate of drug-likeness (QED) is 0.322. The van der Waals surface area contributed by atoms with Gasteiger partial charge in [-0.25, -0.2) is 24.9 Å². The van der Waals surface area contributed by atoms with Crippen molar-refractivity contribution in [2.45, 2.75) is 32.4 Å². The van der Waals surface area contributed by atoms with E-state index < -0.39 is 0 Å². The Labute approximate surface area is 227 Å². The lowest BCUT2D eigenvalue weighted by Gasteiger charge is -2.32. The highest BCUT2D eigenvalue weighted by Gasteiger charge is 2.20. The maximum absolute atomic E-state index is 9.02. The van der Waals surface area contributed by atoms with Gasteiger partial charge in [-0.3, -0.25) is 4.90 Å². The average Bonchev–Trinajstić information content (AvgIpc) is 2.98. The topological polar surface area (TPSA) is 104 Å². The minimum absolute atomic E-state index is 0.193. The molecular formula is C31H28N8. The molecule has 1 saturated heterocycles. The Kier molecular flexibility index (Phi) is 6.89. The van der Waals surface area contributed by atoms with Crippen LogP contribution >= 0.6 is 0 Å². The van der Waals surface area contributed by atoms with E-state index in [0.717, 1.165) is 66.1 Å². The number of nitrogens with one attached hydrogen (secondary N) is 1. The normalized spacial score (nSPS) is 14.3. The van der Waals surface area contributed by atoms with Crippen LogP contribution in [-0.4, -0.2) is 49.0 Å². The molecule has 1 aliphatic heterocycles. The molecule has 0 amide bonds. The highest BCUT2D eigenvalue weighted by Crippen LogP contribution is 2.31. The van der Waals surface area contributed by atoms with Crippen molar-refractivity contribution < 1.29 is 0 Å². The van der Waals surface area contributed by atoms with Gasteiger partial charge in [-0.1, -0.05) is 54.6 Å². The van der Waals surface area contributed by atoms with Crippen molar-refractivity contribution in [2.24, 2.45) is 0 Å². The molecule has 0 spiro atoms. The highest BCUT2D eigenvalue weighted by molar-refractivity contribution is 5.84. The van der Waals surface area contributed by atoms with E-state index in [-0.39, 0.29) is 5.82 Å². The van der Waals surface area contributed by atoms with Crippen LogP contribution < -0.4 is 5.32 Å². The maximum Gasteiger partial charge on any atom is 0.234 e. The van der Waals surface area contributed by atoms with E-state index in [1.807, 2.05) is 49.5 Å². The van der Waals surface area contributed by atoms with Gasteiger partial charge < -0.3 is 5.32 Å². The molecular weight excluding hydrogens is 484 g/mol. The molecule has 1 N–H and O–H groups in total. The Hall–Kier alpha value is -4.74. The monoisotopic (exact) mass is 512 g/mol. The molecule has 5 aromatic rings. The van der Waals surface area contributed by atoms with E-state index in [1.165, 1.54) is 5.56 Å². The fourth-order valence-electron chi connectivity index (χ4n) is 5.01. The predicted molar refractivity (Wildman–Crippen MR) is 152 cm³/mol. The van der Waals surface area contributed by atoms with E-state index >= 15 is 0 Å². The van der Waals surface area contributed by atoms with Crippen LogP contribution in [0.2, 0.25) is 0 Å². The number of benzene rings is 2. The number of piperidine rings is 1. The van der Waals surface area contributed by atoms with Crippen molar-refractivity contribution in [1.29, 1.82) is 5.26 Å². The van der Waals surface area contributed by atoms with Crippen molar-refractivity contribution in [3.05, 3.63) is 96.1 Å². The summed E-state index contributed by atoms with van der Waals surface area (Å²) in [5, 5.41) is 12.5. The SMILES string of the molecule is Cc1cnc2nc(-c3ccccc3)c(-c3ccc(CN4CCC(Nc5ccnc(C#N)n5)CC4)cc3)nc2c1. The number of anilines is 1. The second-order valence-corrected chi connectivity index (χ2v) is 9.91. The van der Waals surface area contributed by atoms with Gasteiger partial charge >= 0.3 is 0 Å². The van der Waals surface area contributed by atoms with Crippen LogP contribution in [0.1, 0.15) is 29.8 Å². The molecule has 4 heterocycles. The zero-order valence-corrected chi connectivity index (χ0v) is 21.7. The van der Waals surface area contributed by atoms with Gasteiger partial charge in [0, 0.05) is 49.2 Å². The van der Waals surface area contributed by atoms with E-state index in [1.54, 1.807) is 6.20 Å². The third-order valence-electron chi connectivity index (χ3n) is 7.03. The number of aromatic nitrogens is 5. The molecule has 1 aliphatic rings. The summed E-state index contributed by atoms with van der Waals surface area (Å²) in [7, 11) is 0. The lowest BCUT2D eigenvalue weighted by atomic mass is 10.0. The Morgan fingerprint density at radius 2 is 1.64 bits per heavy atom. The predicted octanol–water partition coefficient (Wildman–Crippen LogP) is 5.41. The summed E-state index contributed by atoms with van der Waals surface area (Å²) >= 11 is 0. The van der Waals surface area contributed by atoms with Crippen LogP contribution in [0.4, 0.5) is 5.82 Å². The number of hydrogen-bond acceptors (Lipinski definition) is 8. The average molecular weight is 513 g/mol. The van der Waals surface area contributed by atoms with E-state index in [9.17, 15) is 0 Å². The van der Waals surface area contributed by atoms with Crippen LogP contribution in [0.3, 0.4) is 0 Å². The first-order chi connectivity index (χ1) is 19.1. The molecule has 6 rings (SSSR count). The molecule has 0 radical (unpaired) electrons. The first-order valence-electron chi connectivity index (χ1n) is 13.2. The van der Waals surface area contributed by atoms with Gasteiger partial charge in [-0.2, -0.15) is 5.26 Å². The number of aryl methyl sites for hydroxylation is 1. The number of pyridine rings is 1.